The van der Waals surface area contributed by atoms with Crippen LogP contribution >= 0.6 is 38.9 Å². The maximum atomic E-state index is 6.13. The monoisotopic (exact) mass is 290 g/mol. The normalized spacial score (nSPS) is 10.8. The molecule has 0 radical (unpaired) electrons. The van der Waals surface area contributed by atoms with Gasteiger partial charge in [0.1, 0.15) is 5.75 Å². The highest BCUT2D eigenvalue weighted by Crippen LogP contribution is 2.36. The largest absolute Gasteiger partial charge is 0.497 e. The van der Waals surface area contributed by atoms with Crippen molar-refractivity contribution in [2.75, 3.05) is 7.11 Å². The fraction of sp³-hybridized carbons (Fsp3) is 0.200. The minimum Gasteiger partial charge on any atom is -0.497 e. The molecule has 0 bridgehead atoms. The van der Waals surface area contributed by atoms with Crippen molar-refractivity contribution in [2.24, 2.45) is 0 Å². The van der Waals surface area contributed by atoms with E-state index in [4.69, 9.17) is 16.3 Å². The smallest absolute Gasteiger partial charge is 0.121 e. The number of fused-ring (bicyclic) bond motifs is 1. The number of ether oxygens (including phenoxy) is 1. The lowest BCUT2D eigenvalue weighted by Crippen LogP contribution is -1.82. The second-order valence-electron chi connectivity index (χ2n) is 2.88. The van der Waals surface area contributed by atoms with Gasteiger partial charge in [0, 0.05) is 16.8 Å². The molecule has 0 amide bonds. The van der Waals surface area contributed by atoms with Gasteiger partial charge < -0.3 is 4.74 Å². The summed E-state index contributed by atoms with van der Waals surface area (Å²) in [6.45, 7) is 0. The average molecular weight is 292 g/mol. The summed E-state index contributed by atoms with van der Waals surface area (Å²) in [5, 5.41) is 4.90. The highest BCUT2D eigenvalue weighted by molar-refractivity contribution is 9.08. The van der Waals surface area contributed by atoms with E-state index in [0.29, 0.717) is 0 Å². The molecule has 0 spiro atoms. The van der Waals surface area contributed by atoms with Gasteiger partial charge >= 0.3 is 0 Å². The fourth-order valence-electron chi connectivity index (χ4n) is 1.34. The Kier molecular flexibility index (Phi) is 3.00. The van der Waals surface area contributed by atoms with Crippen molar-refractivity contribution in [1.29, 1.82) is 0 Å². The minimum absolute atomic E-state index is 0.761. The lowest BCUT2D eigenvalue weighted by atomic mass is 10.2. The average Bonchev–Trinajstić information content (AvgIpc) is 2.61. The van der Waals surface area contributed by atoms with Crippen molar-refractivity contribution in [3.05, 3.63) is 28.1 Å². The van der Waals surface area contributed by atoms with E-state index in [0.717, 1.165) is 20.8 Å². The second-order valence-corrected chi connectivity index (χ2v) is 4.73. The molecule has 1 aromatic carbocycles. The first kappa shape index (κ1) is 10.3. The topological polar surface area (TPSA) is 9.23 Å². The summed E-state index contributed by atoms with van der Waals surface area (Å²) in [4.78, 5) is 0. The van der Waals surface area contributed by atoms with Crippen LogP contribution in [-0.4, -0.2) is 7.11 Å². The van der Waals surface area contributed by atoms with Gasteiger partial charge in [-0.3, -0.25) is 0 Å². The molecule has 0 aliphatic heterocycles. The lowest BCUT2D eigenvalue weighted by Gasteiger charge is -2.02. The maximum Gasteiger partial charge on any atom is 0.121 e. The Morgan fingerprint density at radius 2 is 2.29 bits per heavy atom. The van der Waals surface area contributed by atoms with Crippen LogP contribution in [0.1, 0.15) is 5.56 Å². The summed E-state index contributed by atoms with van der Waals surface area (Å²) < 4.78 is 6.30. The number of alkyl halides is 1. The van der Waals surface area contributed by atoms with Gasteiger partial charge in [0.15, 0.2) is 0 Å². The lowest BCUT2D eigenvalue weighted by molar-refractivity contribution is 0.415. The number of methoxy groups -OCH3 is 1. The zero-order valence-electron chi connectivity index (χ0n) is 7.51. The highest BCUT2D eigenvalue weighted by atomic mass is 79.9. The van der Waals surface area contributed by atoms with Crippen molar-refractivity contribution in [3.8, 4) is 5.75 Å². The first-order chi connectivity index (χ1) is 6.76. The van der Waals surface area contributed by atoms with Crippen molar-refractivity contribution in [1.82, 2.24) is 0 Å². The van der Waals surface area contributed by atoms with Crippen LogP contribution in [0.15, 0.2) is 17.5 Å². The molecule has 0 fully saturated rings. The summed E-state index contributed by atoms with van der Waals surface area (Å²) in [6, 6.07) is 3.87. The number of benzene rings is 1. The van der Waals surface area contributed by atoms with Gasteiger partial charge in [0.25, 0.3) is 0 Å². The first-order valence-corrected chi connectivity index (χ1v) is 6.43. The third kappa shape index (κ3) is 1.64. The Hall–Kier alpha value is -0.250. The van der Waals surface area contributed by atoms with E-state index < -0.39 is 0 Å². The van der Waals surface area contributed by atoms with E-state index >= 15 is 0 Å². The van der Waals surface area contributed by atoms with E-state index in [9.17, 15) is 0 Å². The summed E-state index contributed by atoms with van der Waals surface area (Å²) in [5.41, 5.74) is 1.26. The molecule has 0 aliphatic carbocycles. The van der Waals surface area contributed by atoms with Gasteiger partial charge in [0.05, 0.1) is 16.8 Å². The SMILES string of the molecule is COc1cc(Cl)c2scc(CBr)c2c1. The molecule has 1 aromatic heterocycles. The van der Waals surface area contributed by atoms with Gasteiger partial charge in [-0.05, 0) is 17.0 Å². The number of thiophene rings is 1. The number of rotatable bonds is 2. The molecule has 0 aliphatic rings. The molecule has 14 heavy (non-hydrogen) atoms. The molecular weight excluding hydrogens is 284 g/mol. The fourth-order valence-corrected chi connectivity index (χ4v) is 3.32. The number of hydrogen-bond acceptors (Lipinski definition) is 2. The van der Waals surface area contributed by atoms with Gasteiger partial charge in [0.2, 0.25) is 0 Å². The van der Waals surface area contributed by atoms with Crippen molar-refractivity contribution < 1.29 is 4.74 Å². The molecule has 0 saturated heterocycles. The summed E-state index contributed by atoms with van der Waals surface area (Å²) >= 11 is 11.2. The van der Waals surface area contributed by atoms with Gasteiger partial charge in [-0.15, -0.1) is 11.3 Å². The predicted molar refractivity (Wildman–Crippen MR) is 66.0 cm³/mol. The predicted octanol–water partition coefficient (Wildman–Crippen LogP) is 4.46. The third-order valence-electron chi connectivity index (χ3n) is 2.06. The Labute approximate surface area is 99.8 Å². The van der Waals surface area contributed by atoms with Crippen molar-refractivity contribution >= 4 is 49.0 Å². The molecule has 0 N–H and O–H groups in total. The van der Waals surface area contributed by atoms with E-state index in [1.165, 1.54) is 10.9 Å². The van der Waals surface area contributed by atoms with Crippen molar-refractivity contribution in [3.63, 3.8) is 0 Å². The molecule has 2 rings (SSSR count). The third-order valence-corrected chi connectivity index (χ3v) is 4.15. The molecule has 74 valence electrons. The van der Waals surface area contributed by atoms with Crippen LogP contribution in [-0.2, 0) is 5.33 Å². The summed E-state index contributed by atoms with van der Waals surface area (Å²) in [6.07, 6.45) is 0. The molecule has 1 nitrogen and oxygen atoms in total. The van der Waals surface area contributed by atoms with E-state index in [1.54, 1.807) is 18.4 Å². The standard InChI is InChI=1S/C10H8BrClOS/c1-13-7-2-8-6(4-11)5-14-10(8)9(12)3-7/h2-3,5H,4H2,1H3. The Morgan fingerprint density at radius 3 is 2.93 bits per heavy atom. The molecule has 0 unspecified atom stereocenters. The van der Waals surface area contributed by atoms with Crippen LogP contribution < -0.4 is 4.74 Å². The molecule has 0 saturated carbocycles. The van der Waals surface area contributed by atoms with E-state index in [2.05, 4.69) is 21.3 Å². The number of halogens is 2. The van der Waals surface area contributed by atoms with Crippen LogP contribution in [0.5, 0.6) is 5.75 Å². The van der Waals surface area contributed by atoms with Gasteiger partial charge in [-0.25, -0.2) is 0 Å². The summed E-state index contributed by atoms with van der Waals surface area (Å²) in [7, 11) is 1.65. The van der Waals surface area contributed by atoms with Gasteiger partial charge in [-0.2, -0.15) is 0 Å². The zero-order chi connectivity index (χ0) is 10.1. The highest BCUT2D eigenvalue weighted by Gasteiger charge is 2.08. The van der Waals surface area contributed by atoms with Crippen LogP contribution in [0.25, 0.3) is 10.1 Å². The molecule has 2 aromatic rings. The van der Waals surface area contributed by atoms with E-state index in [-0.39, 0.29) is 0 Å². The van der Waals surface area contributed by atoms with Crippen LogP contribution in [0.4, 0.5) is 0 Å². The van der Waals surface area contributed by atoms with Crippen LogP contribution in [0, 0.1) is 0 Å². The zero-order valence-corrected chi connectivity index (χ0v) is 10.7. The summed E-state index contributed by atoms with van der Waals surface area (Å²) in [5.74, 6) is 0.808. The Morgan fingerprint density at radius 1 is 1.50 bits per heavy atom. The number of hydrogen-bond donors (Lipinski definition) is 0. The first-order valence-electron chi connectivity index (χ1n) is 4.06. The molecule has 1 heterocycles. The maximum absolute atomic E-state index is 6.13. The van der Waals surface area contributed by atoms with E-state index in [1.807, 2.05) is 12.1 Å². The molecule has 0 atom stereocenters. The van der Waals surface area contributed by atoms with Crippen molar-refractivity contribution in [2.45, 2.75) is 5.33 Å². The molecular formula is C10H8BrClOS. The second kappa shape index (κ2) is 4.09. The Bertz CT molecular complexity index is 466. The van der Waals surface area contributed by atoms with Crippen LogP contribution in [0.3, 0.4) is 0 Å². The van der Waals surface area contributed by atoms with Gasteiger partial charge in [-0.1, -0.05) is 27.5 Å². The van der Waals surface area contributed by atoms with Crippen LogP contribution in [0.2, 0.25) is 5.02 Å². The minimum atomic E-state index is 0.761. The quantitative estimate of drug-likeness (QED) is 0.742. The Balaban J connectivity index is 2.73. The molecule has 4 heteroatoms.